The highest BCUT2D eigenvalue weighted by atomic mass is 16.5. The summed E-state index contributed by atoms with van der Waals surface area (Å²) in [5, 5.41) is 14.8. The summed E-state index contributed by atoms with van der Waals surface area (Å²) < 4.78 is 5.36. The van der Waals surface area contributed by atoms with Crippen molar-refractivity contribution in [2.24, 2.45) is 0 Å². The van der Waals surface area contributed by atoms with E-state index in [0.717, 1.165) is 11.1 Å². The molecule has 2 bridgehead atoms. The number of nitrogens with zero attached hydrogens (tertiary/aromatic N) is 3. The maximum Gasteiger partial charge on any atom is 0.274 e. The first kappa shape index (κ1) is 33.8. The molecule has 5 rings (SSSR count). The number of carbonyl (C=O) groups is 6. The lowest BCUT2D eigenvalue weighted by atomic mass is 10.0. The largest absolute Gasteiger partial charge is 0.359 e. The minimum atomic E-state index is -1.08. The third-order valence-electron chi connectivity index (χ3n) is 8.24. The van der Waals surface area contributed by atoms with Gasteiger partial charge in [0.25, 0.3) is 5.91 Å². The number of likely N-dealkylation sites (tertiary alicyclic amines) is 1. The van der Waals surface area contributed by atoms with Gasteiger partial charge >= 0.3 is 0 Å². The molecule has 6 amide bonds. The molecule has 3 atom stereocenters. The molecular formula is C34H39N7O7. The summed E-state index contributed by atoms with van der Waals surface area (Å²) in [5.41, 5.74) is 1.47. The van der Waals surface area contributed by atoms with Crippen molar-refractivity contribution < 1.29 is 33.3 Å². The van der Waals surface area contributed by atoms with Crippen molar-refractivity contribution >= 4 is 35.4 Å². The molecular weight excluding hydrogens is 618 g/mol. The third kappa shape index (κ3) is 9.05. The molecule has 14 heteroatoms. The molecule has 0 spiro atoms. The monoisotopic (exact) mass is 657 g/mol. The van der Waals surface area contributed by atoms with E-state index in [9.17, 15) is 28.8 Å². The molecule has 0 radical (unpaired) electrons. The molecule has 48 heavy (non-hydrogen) atoms. The van der Waals surface area contributed by atoms with E-state index >= 15 is 0 Å². The summed E-state index contributed by atoms with van der Waals surface area (Å²) in [7, 11) is 0. The normalized spacial score (nSPS) is 21.4. The van der Waals surface area contributed by atoms with E-state index < -0.39 is 41.8 Å². The average molecular weight is 658 g/mol. The van der Waals surface area contributed by atoms with Crippen LogP contribution in [-0.4, -0.2) is 94.7 Å². The van der Waals surface area contributed by atoms with Gasteiger partial charge in [-0.25, -0.2) is 0 Å². The van der Waals surface area contributed by atoms with E-state index in [0.29, 0.717) is 19.4 Å². The van der Waals surface area contributed by atoms with Gasteiger partial charge in [0.15, 0.2) is 11.5 Å². The van der Waals surface area contributed by atoms with Gasteiger partial charge in [0.1, 0.15) is 18.1 Å². The van der Waals surface area contributed by atoms with E-state index in [1.807, 2.05) is 60.7 Å². The smallest absolute Gasteiger partial charge is 0.274 e. The number of fused-ring (bicyclic) bond motifs is 2. The zero-order chi connectivity index (χ0) is 34.0. The van der Waals surface area contributed by atoms with Crippen molar-refractivity contribution in [2.45, 2.75) is 57.3 Å². The van der Waals surface area contributed by atoms with Crippen molar-refractivity contribution in [2.75, 3.05) is 26.2 Å². The molecule has 1 aromatic heterocycles. The Morgan fingerprint density at radius 2 is 1.46 bits per heavy atom. The second-order valence-corrected chi connectivity index (χ2v) is 11.9. The number of hydrogen-bond donors (Lipinski definition) is 4. The number of nitrogens with one attached hydrogen (secondary N) is 4. The van der Waals surface area contributed by atoms with Crippen molar-refractivity contribution in [3.05, 3.63) is 89.3 Å². The van der Waals surface area contributed by atoms with Crippen LogP contribution in [0.3, 0.4) is 0 Å². The summed E-state index contributed by atoms with van der Waals surface area (Å²) >= 11 is 0. The Morgan fingerprint density at radius 1 is 0.833 bits per heavy atom. The number of benzene rings is 2. The van der Waals surface area contributed by atoms with Crippen LogP contribution in [-0.2, 0) is 43.4 Å². The van der Waals surface area contributed by atoms with Gasteiger partial charge in [-0.15, -0.1) is 0 Å². The lowest BCUT2D eigenvalue weighted by Crippen LogP contribution is -2.57. The molecule has 4 N–H and O–H groups in total. The molecule has 0 saturated carbocycles. The number of amides is 6. The first-order valence-electron chi connectivity index (χ1n) is 15.9. The Labute approximate surface area is 277 Å². The highest BCUT2D eigenvalue weighted by Crippen LogP contribution is 2.13. The van der Waals surface area contributed by atoms with Crippen molar-refractivity contribution in [3.8, 4) is 0 Å². The van der Waals surface area contributed by atoms with Gasteiger partial charge in [0.05, 0.1) is 13.1 Å². The molecule has 2 aromatic carbocycles. The second-order valence-electron chi connectivity index (χ2n) is 11.9. The first-order valence-corrected chi connectivity index (χ1v) is 15.9. The predicted molar refractivity (Wildman–Crippen MR) is 172 cm³/mol. The summed E-state index contributed by atoms with van der Waals surface area (Å²) in [6, 6.07) is 16.5. The minimum Gasteiger partial charge on any atom is -0.359 e. The van der Waals surface area contributed by atoms with Crippen LogP contribution in [0.15, 0.2) is 71.3 Å². The van der Waals surface area contributed by atoms with E-state index in [1.54, 1.807) is 0 Å². The molecule has 3 aromatic rings. The fourth-order valence-corrected chi connectivity index (χ4v) is 5.57. The Bertz CT molecular complexity index is 1630. The van der Waals surface area contributed by atoms with Gasteiger partial charge in [0, 0.05) is 45.0 Å². The summed E-state index contributed by atoms with van der Waals surface area (Å²) in [4.78, 5) is 82.2. The second kappa shape index (κ2) is 15.8. The summed E-state index contributed by atoms with van der Waals surface area (Å²) in [5.74, 6) is -2.67. The lowest BCUT2D eigenvalue weighted by Gasteiger charge is -2.26. The van der Waals surface area contributed by atoms with Gasteiger partial charge in [0.2, 0.25) is 29.5 Å². The number of aromatic nitrogens is 1. The minimum absolute atomic E-state index is 0.0167. The standard InChI is InChI=1S/C34H39N7O7/c1-22-31(44)37-27(18-24-11-6-3-7-12-24)33(46)38-26(17-23-9-4-2-5-10-23)32(45)35-14-16-41(30(43)21-40-15-8-13-29(40)42)20-25-19-28(39-48-25)34(47)36-22/h2-7,9-12,19,22,26-27H,8,13-18,20-21H2,1H3,(H,35,45)(H,36,47)(H,37,44)(H,38,46)/t22-,26+,27-/m0/s1. The third-order valence-corrected chi connectivity index (χ3v) is 8.24. The SMILES string of the molecule is C[C@@H]1NC(=O)c2cc(on2)CN(C(=O)CN2CCCC2=O)CCNC(=O)[C@@H](Cc2ccccc2)NC(=O)[C@H](Cc2ccccc2)NC1=O. The molecule has 0 aliphatic carbocycles. The van der Waals surface area contributed by atoms with Crippen LogP contribution < -0.4 is 21.3 Å². The highest BCUT2D eigenvalue weighted by molar-refractivity contribution is 5.97. The van der Waals surface area contributed by atoms with Crippen LogP contribution in [0.4, 0.5) is 0 Å². The van der Waals surface area contributed by atoms with Gasteiger partial charge in [-0.1, -0.05) is 65.8 Å². The molecule has 2 aliphatic heterocycles. The fourth-order valence-electron chi connectivity index (χ4n) is 5.57. The van der Waals surface area contributed by atoms with Crippen LogP contribution in [0.1, 0.15) is 47.1 Å². The summed E-state index contributed by atoms with van der Waals surface area (Å²) in [6.45, 7) is 1.78. The molecule has 14 nitrogen and oxygen atoms in total. The van der Waals surface area contributed by atoms with Crippen LogP contribution in [0, 0.1) is 0 Å². The molecule has 3 heterocycles. The number of rotatable bonds is 6. The number of carbonyl (C=O) groups excluding carboxylic acids is 6. The molecule has 1 saturated heterocycles. The summed E-state index contributed by atoms with van der Waals surface area (Å²) in [6.07, 6.45) is 1.33. The van der Waals surface area contributed by atoms with E-state index in [2.05, 4.69) is 26.4 Å². The Hall–Kier alpha value is -5.53. The van der Waals surface area contributed by atoms with Gasteiger partial charge in [-0.2, -0.15) is 0 Å². The molecule has 2 aliphatic rings. The van der Waals surface area contributed by atoms with Crippen LogP contribution >= 0.6 is 0 Å². The predicted octanol–water partition coefficient (Wildman–Crippen LogP) is 0.329. The highest BCUT2D eigenvalue weighted by Gasteiger charge is 2.31. The molecule has 0 unspecified atom stereocenters. The van der Waals surface area contributed by atoms with E-state index in [-0.39, 0.29) is 62.3 Å². The zero-order valence-electron chi connectivity index (χ0n) is 26.6. The Morgan fingerprint density at radius 3 is 2.08 bits per heavy atom. The Balaban J connectivity index is 1.42. The van der Waals surface area contributed by atoms with E-state index in [4.69, 9.17) is 4.52 Å². The average Bonchev–Trinajstić information content (AvgIpc) is 3.72. The van der Waals surface area contributed by atoms with Crippen LogP contribution in [0.2, 0.25) is 0 Å². The van der Waals surface area contributed by atoms with Crippen LogP contribution in [0.25, 0.3) is 0 Å². The maximum absolute atomic E-state index is 13.8. The van der Waals surface area contributed by atoms with Crippen LogP contribution in [0.5, 0.6) is 0 Å². The first-order chi connectivity index (χ1) is 23.2. The van der Waals surface area contributed by atoms with Gasteiger partial charge < -0.3 is 35.6 Å². The lowest BCUT2D eigenvalue weighted by molar-refractivity contribution is -0.139. The van der Waals surface area contributed by atoms with Gasteiger partial charge in [-0.3, -0.25) is 28.8 Å². The molecule has 1 fully saturated rings. The van der Waals surface area contributed by atoms with Crippen molar-refractivity contribution in [1.29, 1.82) is 0 Å². The number of hydrogen-bond acceptors (Lipinski definition) is 8. The quantitative estimate of drug-likeness (QED) is 0.292. The van der Waals surface area contributed by atoms with Gasteiger partial charge in [-0.05, 0) is 24.5 Å². The maximum atomic E-state index is 13.8. The topological polar surface area (TPSA) is 183 Å². The zero-order valence-corrected chi connectivity index (χ0v) is 26.6. The Kier molecular flexibility index (Phi) is 11.2. The fraction of sp³-hybridized carbons (Fsp3) is 0.382. The van der Waals surface area contributed by atoms with E-state index in [1.165, 1.54) is 22.8 Å². The van der Waals surface area contributed by atoms with Crippen molar-refractivity contribution in [3.63, 3.8) is 0 Å². The molecule has 252 valence electrons. The van der Waals surface area contributed by atoms with Crippen molar-refractivity contribution in [1.82, 2.24) is 36.2 Å².